The second kappa shape index (κ2) is 15.7. The predicted molar refractivity (Wildman–Crippen MR) is 219 cm³/mol. The van der Waals surface area contributed by atoms with Crippen LogP contribution in [0.4, 0.5) is 0 Å². The minimum atomic E-state index is -0.946. The highest BCUT2D eigenvalue weighted by molar-refractivity contribution is 5.69. The van der Waals surface area contributed by atoms with Gasteiger partial charge >= 0.3 is 11.9 Å². The van der Waals surface area contributed by atoms with Crippen LogP contribution in [0.25, 0.3) is 0 Å². The highest BCUT2D eigenvalue weighted by Crippen LogP contribution is 2.71. The number of hydrogen-bond donors (Lipinski definition) is 8. The quantitative estimate of drug-likeness (QED) is 0.140. The van der Waals surface area contributed by atoms with E-state index < -0.39 is 65.6 Å². The lowest BCUT2D eigenvalue weighted by Crippen LogP contribution is -2.67. The van der Waals surface area contributed by atoms with Gasteiger partial charge in [-0.2, -0.15) is 0 Å². The number of carboxylic acid groups (broad SMARTS) is 1. The topological polar surface area (TPSA) is 205 Å². The summed E-state index contributed by atoms with van der Waals surface area (Å²) in [5.74, 6) is -1.39. The van der Waals surface area contributed by atoms with Gasteiger partial charge in [0, 0.05) is 18.3 Å². The molecule has 0 spiro atoms. The van der Waals surface area contributed by atoms with Gasteiger partial charge in [0.2, 0.25) is 0 Å². The Kier molecular flexibility index (Phi) is 11.8. The van der Waals surface area contributed by atoms with Crippen LogP contribution in [0.5, 0.6) is 0 Å². The second-order valence-electron chi connectivity index (χ2n) is 23.1. The molecule has 0 bridgehead atoms. The number of carboxylic acids is 1. The van der Waals surface area contributed by atoms with Crippen LogP contribution in [0.15, 0.2) is 0 Å². The number of carbonyl (C=O) groups is 2. The molecule has 8 aliphatic carbocycles. The Morgan fingerprint density at radius 3 is 1.53 bits per heavy atom. The third kappa shape index (κ3) is 6.72. The van der Waals surface area contributed by atoms with Crippen LogP contribution >= 0.6 is 0 Å². The Morgan fingerprint density at radius 1 is 0.559 bits per heavy atom. The van der Waals surface area contributed by atoms with Crippen LogP contribution in [-0.2, 0) is 14.3 Å². The van der Waals surface area contributed by atoms with Crippen LogP contribution < -0.4 is 0 Å². The minimum absolute atomic E-state index is 0.00173. The van der Waals surface area contributed by atoms with Crippen molar-refractivity contribution < 1.29 is 55.2 Å². The first-order valence-electron chi connectivity index (χ1n) is 23.9. The lowest BCUT2D eigenvalue weighted by atomic mass is 9.42. The first-order chi connectivity index (χ1) is 27.7. The highest BCUT2D eigenvalue weighted by Gasteiger charge is 2.70. The first-order valence-corrected chi connectivity index (χ1v) is 23.9. The Balaban J connectivity index is 1.00. The third-order valence-electron chi connectivity index (χ3n) is 21.0. The largest absolute Gasteiger partial charge is 0.481 e. The summed E-state index contributed by atoms with van der Waals surface area (Å²) in [4.78, 5) is 25.9. The van der Waals surface area contributed by atoms with E-state index in [0.29, 0.717) is 51.4 Å². The summed E-state index contributed by atoms with van der Waals surface area (Å²) in [5.41, 5.74) is -1.57. The average Bonchev–Trinajstić information content (AvgIpc) is 3.74. The number of aliphatic carboxylic acids is 1. The molecule has 8 N–H and O–H groups in total. The lowest BCUT2D eigenvalue weighted by Gasteiger charge is -2.65. The number of esters is 1. The Morgan fingerprint density at radius 2 is 1.02 bits per heavy atom. The van der Waals surface area contributed by atoms with Gasteiger partial charge < -0.3 is 45.6 Å². The van der Waals surface area contributed by atoms with Crippen LogP contribution in [0.2, 0.25) is 0 Å². The fraction of sp³-hybridized carbons (Fsp3) is 0.958. The standard InChI is InChI=1S/C48H78O11/c1-23(7-13-37(52)53)28-10-12-30-40-32(46(4)18-16-26(50)20-34(46)42(56)44(40)58)22-36(48(28,30)6)59-38(54)14-8-24(2)27-9-11-29-39-31(21-35(51)47(27,29)5)45(3)17-15-25(49)19-33(45)41(55)43(39)57/h23-36,39-44,49-51,55-58H,7-22H2,1-6H3,(H,52,53)/t23-,24-,25+,26-,27-,28-,29?,30+,31?,32+,33?,34+,35-,36+,39?,40+,41-,42+,43-,44+,45-,46-,47-,48-/m1/s1. The van der Waals surface area contributed by atoms with Crippen LogP contribution in [-0.4, -0.2) is 102 Å². The maximum atomic E-state index is 14.3. The fourth-order valence-electron chi connectivity index (χ4n) is 17.8. The molecule has 8 aliphatic rings. The summed E-state index contributed by atoms with van der Waals surface area (Å²) in [5, 5.41) is 89.7. The third-order valence-corrected chi connectivity index (χ3v) is 21.0. The van der Waals surface area contributed by atoms with Crippen molar-refractivity contribution in [1.82, 2.24) is 0 Å². The van der Waals surface area contributed by atoms with E-state index in [-0.39, 0.29) is 101 Å². The number of hydrogen-bond acceptors (Lipinski definition) is 10. The molecule has 0 amide bonds. The zero-order valence-electron chi connectivity index (χ0n) is 36.7. The van der Waals surface area contributed by atoms with Crippen LogP contribution in [0, 0.1) is 92.7 Å². The summed E-state index contributed by atoms with van der Waals surface area (Å²) in [6.07, 6.45) is 3.97. The average molecular weight is 831 g/mol. The summed E-state index contributed by atoms with van der Waals surface area (Å²) in [6.45, 7) is 13.1. The number of ether oxygens (including phenoxy) is 1. The van der Waals surface area contributed by atoms with Crippen molar-refractivity contribution in [3.63, 3.8) is 0 Å². The van der Waals surface area contributed by atoms with Gasteiger partial charge in [0.15, 0.2) is 0 Å². The molecule has 8 fully saturated rings. The number of aliphatic hydroxyl groups excluding tert-OH is 7. The summed E-state index contributed by atoms with van der Waals surface area (Å²) in [7, 11) is 0. The molecule has 0 aromatic heterocycles. The Hall–Kier alpha value is -1.34. The molecule has 336 valence electrons. The minimum Gasteiger partial charge on any atom is -0.481 e. The van der Waals surface area contributed by atoms with Crippen molar-refractivity contribution in [2.75, 3.05) is 0 Å². The van der Waals surface area contributed by atoms with Gasteiger partial charge in [-0.3, -0.25) is 9.59 Å². The first kappa shape index (κ1) is 44.3. The zero-order valence-corrected chi connectivity index (χ0v) is 36.7. The molecule has 0 heterocycles. The molecular formula is C48H78O11. The molecule has 8 saturated carbocycles. The Labute approximate surface area is 352 Å². The maximum absolute atomic E-state index is 14.3. The van der Waals surface area contributed by atoms with Gasteiger partial charge in [-0.15, -0.1) is 0 Å². The lowest BCUT2D eigenvalue weighted by molar-refractivity contribution is -0.247. The van der Waals surface area contributed by atoms with Crippen molar-refractivity contribution >= 4 is 11.9 Å². The molecule has 0 aromatic carbocycles. The molecule has 4 unspecified atom stereocenters. The Bertz CT molecular complexity index is 1570. The fourth-order valence-corrected chi connectivity index (χ4v) is 17.8. The van der Waals surface area contributed by atoms with Crippen molar-refractivity contribution in [2.45, 2.75) is 193 Å². The number of carbonyl (C=O) groups excluding carboxylic acids is 1. The van der Waals surface area contributed by atoms with E-state index in [0.717, 1.165) is 38.5 Å². The summed E-state index contributed by atoms with van der Waals surface area (Å²) in [6, 6.07) is 0. The molecule has 0 aliphatic heterocycles. The van der Waals surface area contributed by atoms with E-state index in [2.05, 4.69) is 41.5 Å². The van der Waals surface area contributed by atoms with Gasteiger partial charge in [-0.25, -0.2) is 0 Å². The summed E-state index contributed by atoms with van der Waals surface area (Å²) < 4.78 is 6.73. The van der Waals surface area contributed by atoms with Crippen LogP contribution in [0.3, 0.4) is 0 Å². The van der Waals surface area contributed by atoms with Gasteiger partial charge in [-0.05, 0) is 177 Å². The number of aliphatic hydroxyl groups is 7. The second-order valence-corrected chi connectivity index (χ2v) is 23.1. The number of fused-ring (bicyclic) bond motifs is 10. The predicted octanol–water partition coefficient (Wildman–Crippen LogP) is 5.32. The van der Waals surface area contributed by atoms with E-state index in [1.807, 2.05) is 0 Å². The molecule has 0 radical (unpaired) electrons. The van der Waals surface area contributed by atoms with Gasteiger partial charge in [0.25, 0.3) is 0 Å². The van der Waals surface area contributed by atoms with E-state index in [9.17, 15) is 50.4 Å². The van der Waals surface area contributed by atoms with Crippen molar-refractivity contribution in [2.24, 2.45) is 92.7 Å². The zero-order chi connectivity index (χ0) is 42.7. The molecule has 8 rings (SSSR count). The molecule has 0 saturated heterocycles. The monoisotopic (exact) mass is 831 g/mol. The molecule has 11 heteroatoms. The van der Waals surface area contributed by atoms with E-state index in [1.165, 1.54) is 0 Å². The van der Waals surface area contributed by atoms with Crippen molar-refractivity contribution in [3.8, 4) is 0 Å². The van der Waals surface area contributed by atoms with Gasteiger partial charge in [0.05, 0.1) is 42.7 Å². The van der Waals surface area contributed by atoms with E-state index >= 15 is 0 Å². The van der Waals surface area contributed by atoms with Crippen molar-refractivity contribution in [1.29, 1.82) is 0 Å². The molecule has 59 heavy (non-hydrogen) atoms. The smallest absolute Gasteiger partial charge is 0.306 e. The number of rotatable bonds is 9. The molecule has 11 nitrogen and oxygen atoms in total. The van der Waals surface area contributed by atoms with Gasteiger partial charge in [-0.1, -0.05) is 41.5 Å². The normalized spacial score (nSPS) is 55.0. The summed E-state index contributed by atoms with van der Waals surface area (Å²) >= 11 is 0. The van der Waals surface area contributed by atoms with E-state index in [1.54, 1.807) is 0 Å². The van der Waals surface area contributed by atoms with E-state index in [4.69, 9.17) is 4.74 Å². The highest BCUT2D eigenvalue weighted by atomic mass is 16.5. The molecular weight excluding hydrogens is 753 g/mol. The molecule has 0 aromatic rings. The van der Waals surface area contributed by atoms with Gasteiger partial charge in [0.1, 0.15) is 6.10 Å². The van der Waals surface area contributed by atoms with Crippen molar-refractivity contribution in [3.05, 3.63) is 0 Å². The van der Waals surface area contributed by atoms with Crippen LogP contribution in [0.1, 0.15) is 144 Å². The maximum Gasteiger partial charge on any atom is 0.306 e. The molecule has 24 atom stereocenters. The SMILES string of the molecule is C[C@H](CCC(=O)O[C@H]1C[C@H]2[C@@H]([C@H](O)[C@@H](O)[C@@H]3C[C@H](O)CC[C@@]32C)[C@@H]2CC[C@H]([C@H](C)CCC(=O)O)[C@@]12C)[C@H]1CCC2C3C(C[C@@H](O)[C@@]21C)[C@@]1(C)CC[C@H](O)CC1[C@@H](O)[C@@H]3O.